The van der Waals surface area contributed by atoms with E-state index in [1.165, 1.54) is 34.5 Å². The van der Waals surface area contributed by atoms with E-state index in [0.717, 1.165) is 16.1 Å². The number of hydrazone groups is 1. The summed E-state index contributed by atoms with van der Waals surface area (Å²) in [5.74, 6) is 1.15. The number of sulfonamides is 1. The third-order valence-corrected chi connectivity index (χ3v) is 5.84. The number of rotatable bonds is 11. The standard InChI is InChI=1S/C22H29N3O7S/c1-7-17(15-8-10-20(31-4)21(12-15)32-5)23-24-22(26)14-25(33(6,27)28)18-13-16(29-2)9-11-19(18)30-3/h8-13H,7,14H2,1-6H3,(H,24,26)/b23-17-. The van der Waals surface area contributed by atoms with Gasteiger partial charge in [-0.15, -0.1) is 0 Å². The van der Waals surface area contributed by atoms with Crippen molar-refractivity contribution >= 4 is 27.3 Å². The van der Waals surface area contributed by atoms with Crippen molar-refractivity contribution in [1.82, 2.24) is 5.43 Å². The maximum Gasteiger partial charge on any atom is 0.260 e. The van der Waals surface area contributed by atoms with Crippen LogP contribution in [-0.4, -0.2) is 61.3 Å². The van der Waals surface area contributed by atoms with E-state index in [1.54, 1.807) is 30.3 Å². The summed E-state index contributed by atoms with van der Waals surface area (Å²) in [5, 5.41) is 4.19. The number of anilines is 1. The molecule has 33 heavy (non-hydrogen) atoms. The minimum atomic E-state index is -3.83. The van der Waals surface area contributed by atoms with E-state index in [4.69, 9.17) is 18.9 Å². The van der Waals surface area contributed by atoms with E-state index in [1.807, 2.05) is 6.92 Å². The first kappa shape index (κ1) is 25.8. The Balaban J connectivity index is 2.30. The average molecular weight is 480 g/mol. The molecule has 0 bridgehead atoms. The van der Waals surface area contributed by atoms with Crippen LogP contribution in [-0.2, 0) is 14.8 Å². The predicted octanol–water partition coefficient (Wildman–Crippen LogP) is 2.42. The molecule has 2 aromatic rings. The van der Waals surface area contributed by atoms with Crippen LogP contribution in [0.4, 0.5) is 5.69 Å². The molecule has 10 nitrogen and oxygen atoms in total. The Hall–Kier alpha value is -3.47. The van der Waals surface area contributed by atoms with Crippen LogP contribution in [0.1, 0.15) is 18.9 Å². The number of carbonyl (C=O) groups excluding carboxylic acids is 1. The molecular weight excluding hydrogens is 450 g/mol. The molecule has 0 heterocycles. The van der Waals surface area contributed by atoms with Gasteiger partial charge in [-0.3, -0.25) is 9.10 Å². The van der Waals surface area contributed by atoms with Crippen LogP contribution in [0.3, 0.4) is 0 Å². The summed E-state index contributed by atoms with van der Waals surface area (Å²) in [6.07, 6.45) is 1.51. The van der Waals surface area contributed by atoms with Gasteiger partial charge in [0.1, 0.15) is 18.0 Å². The molecule has 1 N–H and O–H groups in total. The molecule has 2 rings (SSSR count). The monoisotopic (exact) mass is 479 g/mol. The molecule has 0 aliphatic heterocycles. The van der Waals surface area contributed by atoms with Gasteiger partial charge in [0.05, 0.1) is 46.1 Å². The zero-order valence-electron chi connectivity index (χ0n) is 19.5. The van der Waals surface area contributed by atoms with Crippen LogP contribution >= 0.6 is 0 Å². The number of benzene rings is 2. The van der Waals surface area contributed by atoms with Crippen molar-refractivity contribution in [2.24, 2.45) is 5.10 Å². The minimum absolute atomic E-state index is 0.175. The normalized spacial score (nSPS) is 11.5. The molecule has 180 valence electrons. The van der Waals surface area contributed by atoms with Crippen molar-refractivity contribution in [3.8, 4) is 23.0 Å². The zero-order chi connectivity index (χ0) is 24.6. The third-order valence-electron chi connectivity index (χ3n) is 4.71. The number of amides is 1. The van der Waals surface area contributed by atoms with Gasteiger partial charge in [0.2, 0.25) is 10.0 Å². The van der Waals surface area contributed by atoms with Gasteiger partial charge in [0, 0.05) is 11.6 Å². The molecule has 0 aromatic heterocycles. The van der Waals surface area contributed by atoms with Gasteiger partial charge < -0.3 is 18.9 Å². The SMILES string of the molecule is CC/C(=N/NC(=O)CN(c1cc(OC)ccc1OC)S(C)(=O)=O)c1ccc(OC)c(OC)c1. The summed E-state index contributed by atoms with van der Waals surface area (Å²) >= 11 is 0. The Morgan fingerprint density at radius 2 is 1.58 bits per heavy atom. The molecule has 0 aliphatic rings. The number of hydrogen-bond donors (Lipinski definition) is 1. The van der Waals surface area contributed by atoms with Gasteiger partial charge in [-0.2, -0.15) is 5.10 Å². The lowest BCUT2D eigenvalue weighted by Gasteiger charge is -2.23. The van der Waals surface area contributed by atoms with Gasteiger partial charge in [-0.05, 0) is 36.8 Å². The highest BCUT2D eigenvalue weighted by atomic mass is 32.2. The second kappa shape index (κ2) is 11.4. The van der Waals surface area contributed by atoms with E-state index in [-0.39, 0.29) is 11.4 Å². The summed E-state index contributed by atoms with van der Waals surface area (Å²) in [5.41, 5.74) is 3.92. The highest BCUT2D eigenvalue weighted by Gasteiger charge is 2.24. The van der Waals surface area contributed by atoms with Gasteiger partial charge >= 0.3 is 0 Å². The molecule has 0 unspecified atom stereocenters. The first-order valence-electron chi connectivity index (χ1n) is 9.96. The summed E-state index contributed by atoms with van der Waals surface area (Å²) < 4.78 is 46.9. The summed E-state index contributed by atoms with van der Waals surface area (Å²) in [4.78, 5) is 12.7. The van der Waals surface area contributed by atoms with Crippen molar-refractivity contribution in [2.75, 3.05) is 45.5 Å². The zero-order valence-corrected chi connectivity index (χ0v) is 20.4. The van der Waals surface area contributed by atoms with Gasteiger partial charge in [0.25, 0.3) is 5.91 Å². The van der Waals surface area contributed by atoms with E-state index in [2.05, 4.69) is 10.5 Å². The van der Waals surface area contributed by atoms with Crippen LogP contribution in [0.15, 0.2) is 41.5 Å². The lowest BCUT2D eigenvalue weighted by molar-refractivity contribution is -0.119. The number of nitrogens with zero attached hydrogens (tertiary/aromatic N) is 2. The van der Waals surface area contributed by atoms with E-state index >= 15 is 0 Å². The molecule has 1 amide bonds. The molecule has 0 radical (unpaired) electrons. The second-order valence-corrected chi connectivity index (χ2v) is 8.73. The molecule has 0 saturated heterocycles. The van der Waals surface area contributed by atoms with Crippen molar-refractivity contribution in [3.63, 3.8) is 0 Å². The molecular formula is C22H29N3O7S. The van der Waals surface area contributed by atoms with E-state index in [9.17, 15) is 13.2 Å². The second-order valence-electron chi connectivity index (χ2n) is 6.82. The minimum Gasteiger partial charge on any atom is -0.497 e. The van der Waals surface area contributed by atoms with Crippen LogP contribution in [0, 0.1) is 0 Å². The molecule has 0 fully saturated rings. The van der Waals surface area contributed by atoms with Crippen LogP contribution in [0.25, 0.3) is 0 Å². The molecule has 0 saturated carbocycles. The molecule has 2 aromatic carbocycles. The third kappa shape index (κ3) is 6.51. The van der Waals surface area contributed by atoms with Crippen molar-refractivity contribution in [2.45, 2.75) is 13.3 Å². The number of hydrogen-bond acceptors (Lipinski definition) is 8. The summed E-state index contributed by atoms with van der Waals surface area (Å²) in [6, 6.07) is 9.95. The van der Waals surface area contributed by atoms with Crippen LogP contribution < -0.4 is 28.7 Å². The van der Waals surface area contributed by atoms with E-state index in [0.29, 0.717) is 29.4 Å². The number of carbonyl (C=O) groups is 1. The molecule has 0 aliphatic carbocycles. The van der Waals surface area contributed by atoms with E-state index < -0.39 is 22.5 Å². The van der Waals surface area contributed by atoms with Gasteiger partial charge in [-0.1, -0.05) is 6.92 Å². The first-order valence-corrected chi connectivity index (χ1v) is 11.8. The van der Waals surface area contributed by atoms with Gasteiger partial charge in [-0.25, -0.2) is 13.8 Å². The molecule has 0 atom stereocenters. The quantitative estimate of drug-likeness (QED) is 0.389. The Bertz CT molecular complexity index is 1120. The summed E-state index contributed by atoms with van der Waals surface area (Å²) in [6.45, 7) is 1.38. The highest BCUT2D eigenvalue weighted by Crippen LogP contribution is 2.33. The lowest BCUT2D eigenvalue weighted by Crippen LogP contribution is -2.39. The van der Waals surface area contributed by atoms with Crippen LogP contribution in [0.5, 0.6) is 23.0 Å². The van der Waals surface area contributed by atoms with Crippen molar-refractivity contribution in [1.29, 1.82) is 0 Å². The van der Waals surface area contributed by atoms with Crippen LogP contribution in [0.2, 0.25) is 0 Å². The number of nitrogens with one attached hydrogen (secondary N) is 1. The number of methoxy groups -OCH3 is 4. The maximum absolute atomic E-state index is 12.7. The summed E-state index contributed by atoms with van der Waals surface area (Å²) in [7, 11) is 2.11. The fourth-order valence-corrected chi connectivity index (χ4v) is 3.88. The Kier molecular flexibility index (Phi) is 8.92. The smallest absolute Gasteiger partial charge is 0.260 e. The fourth-order valence-electron chi connectivity index (χ4n) is 3.03. The lowest BCUT2D eigenvalue weighted by atomic mass is 10.1. The molecule has 11 heteroatoms. The number of ether oxygens (including phenoxy) is 4. The largest absolute Gasteiger partial charge is 0.497 e. The Morgan fingerprint density at radius 1 is 0.939 bits per heavy atom. The van der Waals surface area contributed by atoms with Crippen molar-refractivity contribution in [3.05, 3.63) is 42.0 Å². The fraction of sp³-hybridized carbons (Fsp3) is 0.364. The topological polar surface area (TPSA) is 116 Å². The van der Waals surface area contributed by atoms with Gasteiger partial charge in [0.15, 0.2) is 11.5 Å². The Labute approximate surface area is 194 Å². The van der Waals surface area contributed by atoms with Crippen molar-refractivity contribution < 1.29 is 32.2 Å². The highest BCUT2D eigenvalue weighted by molar-refractivity contribution is 7.92. The predicted molar refractivity (Wildman–Crippen MR) is 126 cm³/mol. The molecule has 0 spiro atoms. The first-order chi connectivity index (χ1) is 15.7. The Morgan fingerprint density at radius 3 is 2.12 bits per heavy atom. The average Bonchev–Trinajstić information content (AvgIpc) is 2.81. The maximum atomic E-state index is 12.7.